The van der Waals surface area contributed by atoms with Gasteiger partial charge in [-0.25, -0.2) is 42.7 Å². The number of methoxy groups -OCH3 is 2. The van der Waals surface area contributed by atoms with Crippen molar-refractivity contribution in [3.8, 4) is 33.8 Å². The highest BCUT2D eigenvalue weighted by Gasteiger charge is 2.29. The normalized spacial score (nSPS) is 14.3. The fourth-order valence-electron chi connectivity index (χ4n) is 12.2. The molecule has 0 unspecified atom stereocenters. The van der Waals surface area contributed by atoms with Crippen LogP contribution in [-0.2, 0) is 9.47 Å². The molecule has 0 bridgehead atoms. The number of hydrogen-bond acceptors (Lipinski definition) is 21. The zero-order valence-electron chi connectivity index (χ0n) is 64.6. The van der Waals surface area contributed by atoms with Gasteiger partial charge < -0.3 is 64.1 Å². The van der Waals surface area contributed by atoms with Crippen LogP contribution in [0.25, 0.3) is 44.8 Å². The fraction of sp³-hybridized carbons (Fsp3) is 0.350. The average molecular weight is 1720 g/mol. The molecular formula is C80H90BBr2ClF3N15O12. The molecule has 0 saturated carbocycles. The lowest BCUT2D eigenvalue weighted by molar-refractivity contribution is 0.0230. The third-order valence-corrected chi connectivity index (χ3v) is 19.2. The third-order valence-electron chi connectivity index (χ3n) is 18.1. The van der Waals surface area contributed by atoms with Gasteiger partial charge >= 0.3 is 19.3 Å². The maximum Gasteiger partial charge on any atom is 0.488 e. The van der Waals surface area contributed by atoms with Gasteiger partial charge in [-0.2, -0.15) is 0 Å². The van der Waals surface area contributed by atoms with Crippen molar-refractivity contribution < 1.29 is 51.8 Å². The number of nitrogens with one attached hydrogen (secondary N) is 2. The van der Waals surface area contributed by atoms with Crippen molar-refractivity contribution >= 4 is 108 Å². The Morgan fingerprint density at radius 2 is 0.816 bits per heavy atom. The third kappa shape index (κ3) is 23.6. The molecular weight excluding hydrogens is 1630 g/mol. The minimum absolute atomic E-state index is 0.129. The fourth-order valence-corrected chi connectivity index (χ4v) is 13.0. The van der Waals surface area contributed by atoms with Crippen molar-refractivity contribution in [3.63, 3.8) is 0 Å². The van der Waals surface area contributed by atoms with Crippen molar-refractivity contribution in [1.82, 2.24) is 58.0 Å². The van der Waals surface area contributed by atoms with Crippen LogP contribution in [0.3, 0.4) is 0 Å². The number of pyridine rings is 4. The van der Waals surface area contributed by atoms with Gasteiger partial charge in [-0.05, 0) is 218 Å². The summed E-state index contributed by atoms with van der Waals surface area (Å²) in [5.74, 6) is 0.911. The molecule has 0 radical (unpaired) electrons. The molecule has 11 aromatic rings. The van der Waals surface area contributed by atoms with Crippen LogP contribution >= 0.6 is 43.5 Å². The van der Waals surface area contributed by atoms with Crippen molar-refractivity contribution in [3.05, 3.63) is 231 Å². The maximum absolute atomic E-state index is 14.1. The monoisotopic (exact) mass is 1710 g/mol. The predicted octanol–water partition coefficient (Wildman–Crippen LogP) is 10.7. The van der Waals surface area contributed by atoms with Gasteiger partial charge in [-0.1, -0.05) is 42.3 Å². The molecule has 2 amide bonds. The number of benzene rings is 3. The summed E-state index contributed by atoms with van der Waals surface area (Å²) in [7, 11) is 1.24. The first-order valence-electron chi connectivity index (χ1n) is 36.8. The smallest absolute Gasteiger partial charge is 0.488 e. The SMILES string of the molecule is C1CCNCC1.CC(C)(C)OC(=O)N1CCN(c2cc(=O)n3cc(Br)ccc3n2)CC1.COc1ccc(-c2ccc3nc(N4CCN(C(=O)OC(C)(C)C)CC4)cc(=O)n3c2)cc1F.COc1ccc(-c2ccc3nc(N4CCNCC4)cc(=O)n3c2)cc1F.Cc1ccc(B(O)O)cc1F.O=c1cc(Cl)nc2ccc(Br)cn12. The summed E-state index contributed by atoms with van der Waals surface area (Å²) >= 11 is 12.2. The molecule has 4 saturated heterocycles. The van der Waals surface area contributed by atoms with Gasteiger partial charge in [0, 0.05) is 137 Å². The molecule has 15 rings (SSSR count). The summed E-state index contributed by atoms with van der Waals surface area (Å²) < 4.78 is 69.0. The van der Waals surface area contributed by atoms with Gasteiger partial charge in [0.1, 0.15) is 62.2 Å². The Balaban J connectivity index is 0.000000154. The molecule has 602 valence electrons. The molecule has 0 aliphatic carbocycles. The van der Waals surface area contributed by atoms with Crippen molar-refractivity contribution in [2.24, 2.45) is 0 Å². The largest absolute Gasteiger partial charge is 0.494 e. The van der Waals surface area contributed by atoms with Crippen molar-refractivity contribution in [2.45, 2.75) is 78.9 Å². The van der Waals surface area contributed by atoms with Gasteiger partial charge in [0.25, 0.3) is 22.2 Å². The van der Waals surface area contributed by atoms with Crippen LogP contribution in [-0.4, -0.2) is 194 Å². The van der Waals surface area contributed by atoms with Crippen LogP contribution in [0, 0.1) is 24.4 Å². The number of aromatic nitrogens is 8. The molecule has 114 heavy (non-hydrogen) atoms. The van der Waals surface area contributed by atoms with Crippen LogP contribution in [0.2, 0.25) is 5.15 Å². The molecule has 3 aromatic carbocycles. The van der Waals surface area contributed by atoms with Crippen LogP contribution in [0.1, 0.15) is 66.4 Å². The van der Waals surface area contributed by atoms with Gasteiger partial charge in [0.15, 0.2) is 23.1 Å². The van der Waals surface area contributed by atoms with E-state index in [0.717, 1.165) is 46.8 Å². The minimum atomic E-state index is -1.59. The quantitative estimate of drug-likeness (QED) is 0.0812. The Labute approximate surface area is 677 Å². The minimum Gasteiger partial charge on any atom is -0.494 e. The Kier molecular flexibility index (Phi) is 29.5. The molecule has 12 heterocycles. The number of rotatable bonds is 8. The Morgan fingerprint density at radius 3 is 1.18 bits per heavy atom. The highest BCUT2D eigenvalue weighted by atomic mass is 79.9. The number of fused-ring (bicyclic) bond motifs is 4. The highest BCUT2D eigenvalue weighted by molar-refractivity contribution is 9.10. The summed E-state index contributed by atoms with van der Waals surface area (Å²) in [6.07, 6.45) is 10.3. The number of ether oxygens (including phenoxy) is 4. The van der Waals surface area contributed by atoms with E-state index in [1.807, 2.05) is 63.5 Å². The van der Waals surface area contributed by atoms with Gasteiger partial charge in [0.05, 0.1) is 14.2 Å². The molecule has 4 N–H and O–H groups in total. The highest BCUT2D eigenvalue weighted by Crippen LogP contribution is 2.29. The molecule has 0 spiro atoms. The van der Waals surface area contributed by atoms with Crippen LogP contribution < -0.4 is 62.5 Å². The maximum atomic E-state index is 14.1. The van der Waals surface area contributed by atoms with Gasteiger partial charge in [0.2, 0.25) is 0 Å². The first kappa shape index (κ1) is 86.0. The first-order chi connectivity index (χ1) is 54.3. The summed E-state index contributed by atoms with van der Waals surface area (Å²) in [5.41, 5.74) is 3.84. The number of hydrogen-bond donors (Lipinski definition) is 4. The second kappa shape index (κ2) is 39.1. The van der Waals surface area contributed by atoms with E-state index in [-0.39, 0.29) is 56.5 Å². The summed E-state index contributed by atoms with van der Waals surface area (Å²) in [5, 5.41) is 24.0. The number of carbonyl (C=O) groups is 2. The van der Waals surface area contributed by atoms with Gasteiger partial charge in [-0.3, -0.25) is 36.8 Å². The van der Waals surface area contributed by atoms with Crippen LogP contribution in [0.5, 0.6) is 11.5 Å². The first-order valence-corrected chi connectivity index (χ1v) is 38.8. The average Bonchev–Trinajstić information content (AvgIpc) is 0.784. The van der Waals surface area contributed by atoms with Crippen LogP contribution in [0.4, 0.5) is 40.2 Å². The van der Waals surface area contributed by atoms with E-state index in [4.69, 9.17) is 40.6 Å². The van der Waals surface area contributed by atoms with Gasteiger partial charge in [-0.15, -0.1) is 0 Å². The van der Waals surface area contributed by atoms with Crippen molar-refractivity contribution in [1.29, 1.82) is 0 Å². The molecule has 27 nitrogen and oxygen atoms in total. The second-order valence-corrected chi connectivity index (χ2v) is 31.0. The Hall–Kier alpha value is -10.4. The zero-order valence-corrected chi connectivity index (χ0v) is 68.5. The molecule has 0 atom stereocenters. The lowest BCUT2D eigenvalue weighted by atomic mass is 9.80. The van der Waals surface area contributed by atoms with E-state index in [9.17, 15) is 41.9 Å². The Bertz CT molecular complexity index is 5460. The van der Waals surface area contributed by atoms with Crippen molar-refractivity contribution in [2.75, 3.05) is 121 Å². The lowest BCUT2D eigenvalue weighted by Crippen LogP contribution is -2.50. The van der Waals surface area contributed by atoms with E-state index in [1.54, 1.807) is 108 Å². The number of carbonyl (C=O) groups excluding carboxylic acids is 2. The van der Waals surface area contributed by atoms with E-state index in [1.165, 1.54) is 107 Å². The molecule has 4 fully saturated rings. The zero-order chi connectivity index (χ0) is 82.1. The van der Waals surface area contributed by atoms with E-state index >= 15 is 0 Å². The summed E-state index contributed by atoms with van der Waals surface area (Å²) in [6, 6.07) is 33.7. The molecule has 4 aliphatic rings. The predicted molar refractivity (Wildman–Crippen MR) is 443 cm³/mol. The van der Waals surface area contributed by atoms with Crippen LogP contribution in [0.15, 0.2) is 180 Å². The molecule has 34 heteroatoms. The number of nitrogens with zero attached hydrogens (tertiary/aromatic N) is 13. The number of halogens is 6. The Morgan fingerprint density at radius 1 is 0.447 bits per heavy atom. The van der Waals surface area contributed by atoms with E-state index in [0.29, 0.717) is 115 Å². The standard InChI is InChI=1S/C24H27FN4O4.C19H19FN4O2.C17H21BrN4O3.C8H4BrClN2O.C7H8BFO2.C5H11N/c1-24(2,3)33-23(31)28-11-9-27(10-12-28)21-14-22(30)29-15-17(6-8-20(29)26-21)16-5-7-19(32-4)18(25)13-16;1-26-16-4-2-13(10-15(16)20)14-3-5-17-22-18(11-19(25)24(17)12-14)23-8-6-21-7-9-23;1-17(2,3)25-16(24)21-8-6-20(7-9-21)14-10-15(23)22-11-12(18)4-5-13(22)19-14;9-5-1-2-7-11-6(10)3-8(13)12(7)4-5;1-5-2-3-6(8(10)11)4-7(5)9;1-2-4-6-5-3-1/h5-8,13-15H,9-12H2,1-4H3;2-5,10-12,21H,6-9H2,1H3;4-5,10-11H,6-9H2,1-3H3;1-4H;2-4,10-11H,1H3;6H,1-5H2. The summed E-state index contributed by atoms with van der Waals surface area (Å²) in [6.45, 7) is 22.9. The number of anilines is 3. The van der Waals surface area contributed by atoms with E-state index in [2.05, 4.69) is 67.3 Å². The number of aryl methyl sites for hydroxylation is 1. The number of piperidine rings is 1. The molecule has 8 aromatic heterocycles. The topological polar surface area (TPSA) is 289 Å². The second-order valence-electron chi connectivity index (χ2n) is 28.8. The lowest BCUT2D eigenvalue weighted by Gasteiger charge is -2.36. The van der Waals surface area contributed by atoms with E-state index < -0.39 is 35.8 Å². The number of amides is 2. The summed E-state index contributed by atoms with van der Waals surface area (Å²) in [4.78, 5) is 101. The number of piperazine rings is 3. The molecule has 4 aliphatic heterocycles.